The number of hydrogen-bond acceptors (Lipinski definition) is 6. The third kappa shape index (κ3) is 5.01. The summed E-state index contributed by atoms with van der Waals surface area (Å²) in [5.74, 6) is 0.930. The smallest absolute Gasteiger partial charge is 0.261 e. The zero-order chi connectivity index (χ0) is 20.7. The van der Waals surface area contributed by atoms with Crippen LogP contribution in [0.1, 0.15) is 39.5 Å². The Kier molecular flexibility index (Phi) is 7.39. The fraction of sp³-hybridized carbons (Fsp3) is 0.550. The summed E-state index contributed by atoms with van der Waals surface area (Å²) in [6, 6.07) is 3.30. The van der Waals surface area contributed by atoms with E-state index in [1.54, 1.807) is 12.1 Å². The molecule has 0 aliphatic heterocycles. The fourth-order valence-electron chi connectivity index (χ4n) is 2.92. The minimum absolute atomic E-state index is 0.0649. The van der Waals surface area contributed by atoms with E-state index in [0.717, 1.165) is 12.8 Å². The van der Waals surface area contributed by atoms with Crippen LogP contribution >= 0.6 is 0 Å². The van der Waals surface area contributed by atoms with Crippen molar-refractivity contribution in [3.05, 3.63) is 28.8 Å². The molecule has 1 aromatic heterocycles. The molecule has 0 fully saturated rings. The standard InChI is InChI=1S/C20H30N4O4/c1-5-20(21,6-2)12-22-18(25)8-7-9-24-13-23-15-11-17(28-4)16(27-3)10-14(15)19(24)26/h10-11,13H,5-9,12,21H2,1-4H3,(H,22,25). The zero-order valence-corrected chi connectivity index (χ0v) is 17.1. The number of nitrogens with two attached hydrogens (primary N) is 1. The van der Waals surface area contributed by atoms with Crippen LogP contribution in [0, 0.1) is 0 Å². The maximum Gasteiger partial charge on any atom is 0.261 e. The van der Waals surface area contributed by atoms with Crippen molar-refractivity contribution in [2.45, 2.75) is 51.6 Å². The molecule has 0 spiro atoms. The van der Waals surface area contributed by atoms with Crippen molar-refractivity contribution in [3.8, 4) is 11.5 Å². The molecule has 1 heterocycles. The van der Waals surface area contributed by atoms with E-state index >= 15 is 0 Å². The summed E-state index contributed by atoms with van der Waals surface area (Å²) in [5.41, 5.74) is 6.19. The molecule has 0 saturated heterocycles. The lowest BCUT2D eigenvalue weighted by molar-refractivity contribution is -0.121. The highest BCUT2D eigenvalue weighted by Crippen LogP contribution is 2.29. The van der Waals surface area contributed by atoms with Crippen LogP contribution in [0.2, 0.25) is 0 Å². The molecule has 0 unspecified atom stereocenters. The number of fused-ring (bicyclic) bond motifs is 1. The average Bonchev–Trinajstić information content (AvgIpc) is 2.72. The molecule has 0 aliphatic carbocycles. The lowest BCUT2D eigenvalue weighted by Crippen LogP contribution is -2.49. The van der Waals surface area contributed by atoms with E-state index in [4.69, 9.17) is 15.2 Å². The van der Waals surface area contributed by atoms with Crippen LogP contribution in [0.15, 0.2) is 23.3 Å². The van der Waals surface area contributed by atoms with Gasteiger partial charge in [0.25, 0.3) is 5.56 Å². The molecule has 1 amide bonds. The minimum atomic E-state index is -0.366. The Labute approximate surface area is 165 Å². The average molecular weight is 390 g/mol. The normalized spacial score (nSPS) is 11.5. The SMILES string of the molecule is CCC(N)(CC)CNC(=O)CCCn1cnc2cc(OC)c(OC)cc2c1=O. The van der Waals surface area contributed by atoms with E-state index in [-0.39, 0.29) is 17.0 Å². The second-order valence-corrected chi connectivity index (χ2v) is 6.92. The Morgan fingerprint density at radius 2 is 1.86 bits per heavy atom. The lowest BCUT2D eigenvalue weighted by Gasteiger charge is -2.26. The molecule has 2 rings (SSSR count). The van der Waals surface area contributed by atoms with Crippen LogP contribution in [0.5, 0.6) is 11.5 Å². The number of aromatic nitrogens is 2. The van der Waals surface area contributed by atoms with E-state index in [9.17, 15) is 9.59 Å². The van der Waals surface area contributed by atoms with E-state index in [2.05, 4.69) is 10.3 Å². The van der Waals surface area contributed by atoms with Crippen molar-refractivity contribution in [2.75, 3.05) is 20.8 Å². The molecule has 0 bridgehead atoms. The lowest BCUT2D eigenvalue weighted by atomic mass is 9.94. The second-order valence-electron chi connectivity index (χ2n) is 6.92. The van der Waals surface area contributed by atoms with Gasteiger partial charge in [-0.1, -0.05) is 13.8 Å². The van der Waals surface area contributed by atoms with Gasteiger partial charge in [-0.25, -0.2) is 4.98 Å². The summed E-state index contributed by atoms with van der Waals surface area (Å²) in [4.78, 5) is 29.1. The summed E-state index contributed by atoms with van der Waals surface area (Å²) in [7, 11) is 3.05. The molecule has 8 heteroatoms. The Bertz CT molecular complexity index is 874. The molecule has 0 atom stereocenters. The first-order valence-corrected chi connectivity index (χ1v) is 9.54. The summed E-state index contributed by atoms with van der Waals surface area (Å²) < 4.78 is 12.0. The Morgan fingerprint density at radius 3 is 2.46 bits per heavy atom. The third-order valence-electron chi connectivity index (χ3n) is 5.18. The molecule has 0 aliphatic rings. The van der Waals surface area contributed by atoms with Gasteiger partial charge >= 0.3 is 0 Å². The van der Waals surface area contributed by atoms with E-state index < -0.39 is 0 Å². The topological polar surface area (TPSA) is 108 Å². The number of hydrogen-bond donors (Lipinski definition) is 2. The Morgan fingerprint density at radius 1 is 1.21 bits per heavy atom. The molecule has 8 nitrogen and oxygen atoms in total. The summed E-state index contributed by atoms with van der Waals surface area (Å²) in [5, 5.41) is 3.33. The van der Waals surface area contributed by atoms with Crippen LogP contribution in [0.4, 0.5) is 0 Å². The highest BCUT2D eigenvalue weighted by Gasteiger charge is 2.20. The van der Waals surface area contributed by atoms with Gasteiger partial charge in [-0.2, -0.15) is 0 Å². The van der Waals surface area contributed by atoms with Gasteiger partial charge in [-0.15, -0.1) is 0 Å². The van der Waals surface area contributed by atoms with Crippen molar-refractivity contribution in [1.29, 1.82) is 0 Å². The van der Waals surface area contributed by atoms with E-state index in [1.807, 2.05) is 13.8 Å². The van der Waals surface area contributed by atoms with Gasteiger partial charge in [0.1, 0.15) is 0 Å². The summed E-state index contributed by atoms with van der Waals surface area (Å²) in [6.45, 7) is 4.88. The molecule has 0 saturated carbocycles. The summed E-state index contributed by atoms with van der Waals surface area (Å²) >= 11 is 0. The van der Waals surface area contributed by atoms with Gasteiger partial charge in [0.15, 0.2) is 11.5 Å². The molecule has 3 N–H and O–H groups in total. The highest BCUT2D eigenvalue weighted by molar-refractivity contribution is 5.81. The van der Waals surface area contributed by atoms with Crippen LogP contribution in [0.3, 0.4) is 0 Å². The quantitative estimate of drug-likeness (QED) is 0.641. The van der Waals surface area contributed by atoms with Crippen molar-refractivity contribution in [3.63, 3.8) is 0 Å². The van der Waals surface area contributed by atoms with Crippen LogP contribution < -0.4 is 26.1 Å². The number of rotatable bonds is 10. The van der Waals surface area contributed by atoms with Crippen molar-refractivity contribution in [1.82, 2.24) is 14.9 Å². The maximum absolute atomic E-state index is 12.7. The van der Waals surface area contributed by atoms with Gasteiger partial charge in [0, 0.05) is 31.1 Å². The van der Waals surface area contributed by atoms with Crippen molar-refractivity contribution >= 4 is 16.8 Å². The van der Waals surface area contributed by atoms with Crippen LogP contribution in [-0.2, 0) is 11.3 Å². The number of carbonyl (C=O) groups excluding carboxylic acids is 1. The monoisotopic (exact) mass is 390 g/mol. The molecule has 154 valence electrons. The largest absolute Gasteiger partial charge is 0.493 e. The molecule has 28 heavy (non-hydrogen) atoms. The summed E-state index contributed by atoms with van der Waals surface area (Å²) in [6.07, 6.45) is 3.95. The van der Waals surface area contributed by atoms with Gasteiger partial charge in [0.05, 0.1) is 31.4 Å². The molecule has 1 aromatic carbocycles. The first-order valence-electron chi connectivity index (χ1n) is 9.54. The fourth-order valence-corrected chi connectivity index (χ4v) is 2.92. The van der Waals surface area contributed by atoms with Crippen molar-refractivity contribution in [2.24, 2.45) is 5.73 Å². The van der Waals surface area contributed by atoms with Gasteiger partial charge in [-0.05, 0) is 25.3 Å². The molecular formula is C20H30N4O4. The third-order valence-corrected chi connectivity index (χ3v) is 5.18. The predicted molar refractivity (Wildman–Crippen MR) is 109 cm³/mol. The van der Waals surface area contributed by atoms with E-state index in [0.29, 0.717) is 48.3 Å². The number of nitrogens with zero attached hydrogens (tertiary/aromatic N) is 2. The molecule has 2 aromatic rings. The van der Waals surface area contributed by atoms with E-state index in [1.165, 1.54) is 25.1 Å². The maximum atomic E-state index is 12.7. The number of benzene rings is 1. The number of carbonyl (C=O) groups is 1. The second kappa shape index (κ2) is 9.54. The molecule has 0 radical (unpaired) electrons. The van der Waals surface area contributed by atoms with Crippen molar-refractivity contribution < 1.29 is 14.3 Å². The first-order chi connectivity index (χ1) is 13.4. The van der Waals surface area contributed by atoms with Gasteiger partial charge in [0.2, 0.25) is 5.91 Å². The zero-order valence-electron chi connectivity index (χ0n) is 17.1. The van der Waals surface area contributed by atoms with Crippen LogP contribution in [0.25, 0.3) is 10.9 Å². The highest BCUT2D eigenvalue weighted by atomic mass is 16.5. The number of ether oxygens (including phenoxy) is 2. The Balaban J connectivity index is 2.02. The minimum Gasteiger partial charge on any atom is -0.493 e. The number of amides is 1. The van der Waals surface area contributed by atoms with Crippen LogP contribution in [-0.4, -0.2) is 41.8 Å². The Hall–Kier alpha value is -2.61. The van der Waals surface area contributed by atoms with Gasteiger partial charge in [-0.3, -0.25) is 14.2 Å². The number of methoxy groups -OCH3 is 2. The number of aryl methyl sites for hydroxylation is 1. The predicted octanol–water partition coefficient (Wildman–Crippen LogP) is 1.83. The first kappa shape index (κ1) is 21.7. The van der Waals surface area contributed by atoms with Gasteiger partial charge < -0.3 is 20.5 Å². The molecular weight excluding hydrogens is 360 g/mol. The number of nitrogens with one attached hydrogen (secondary N) is 1.